The van der Waals surface area contributed by atoms with Crippen molar-refractivity contribution in [2.24, 2.45) is 27.6 Å². The van der Waals surface area contributed by atoms with E-state index in [4.69, 9.17) is 28.4 Å². The van der Waals surface area contributed by atoms with Crippen LogP contribution in [0.2, 0.25) is 0 Å². The quantitative estimate of drug-likeness (QED) is 0.271. The molecule has 45 heavy (non-hydrogen) atoms. The molecule has 8 atom stereocenters. The van der Waals surface area contributed by atoms with Gasteiger partial charge in [-0.3, -0.25) is 14.4 Å². The molecule has 3 saturated heterocycles. The summed E-state index contributed by atoms with van der Waals surface area (Å²) in [6.07, 6.45) is -2.26. The molecule has 11 heteroatoms. The van der Waals surface area contributed by atoms with E-state index in [1.54, 1.807) is 65.8 Å². The molecule has 7 rings (SSSR count). The Morgan fingerprint density at radius 1 is 0.733 bits per heavy atom. The van der Waals surface area contributed by atoms with E-state index < -0.39 is 92.5 Å². The lowest BCUT2D eigenvalue weighted by Crippen LogP contribution is -2.65. The van der Waals surface area contributed by atoms with Gasteiger partial charge in [0.05, 0.1) is 10.8 Å². The molecular weight excluding hydrogens is 584 g/mol. The van der Waals surface area contributed by atoms with Crippen molar-refractivity contribution in [3.8, 4) is 5.75 Å². The zero-order valence-corrected chi connectivity index (χ0v) is 26.9. The van der Waals surface area contributed by atoms with Crippen LogP contribution in [0.4, 0.5) is 0 Å². The second-order valence-electron chi connectivity index (χ2n) is 15.7. The summed E-state index contributed by atoms with van der Waals surface area (Å²) in [5.41, 5.74) is -7.51. The normalized spacial score (nSPS) is 42.6. The third-order valence-electron chi connectivity index (χ3n) is 13.1. The average molecular weight is 625 g/mol. The van der Waals surface area contributed by atoms with Crippen molar-refractivity contribution in [2.45, 2.75) is 116 Å². The molecule has 6 aliphatic rings. The fourth-order valence-corrected chi connectivity index (χ4v) is 8.90. The van der Waals surface area contributed by atoms with Gasteiger partial charge in [-0.05, 0) is 59.4 Å². The van der Waals surface area contributed by atoms with Crippen molar-refractivity contribution >= 4 is 29.8 Å². The van der Waals surface area contributed by atoms with Crippen LogP contribution in [0.25, 0.3) is 0 Å². The van der Waals surface area contributed by atoms with Gasteiger partial charge < -0.3 is 28.4 Å². The molecule has 0 N–H and O–H groups in total. The smallest absolute Gasteiger partial charge is 0.351 e. The van der Waals surface area contributed by atoms with E-state index in [1.165, 1.54) is 0 Å². The summed E-state index contributed by atoms with van der Waals surface area (Å²) in [6.45, 7) is 14.2. The molecule has 1 aromatic rings. The van der Waals surface area contributed by atoms with Crippen LogP contribution in [-0.2, 0) is 47.7 Å². The Morgan fingerprint density at radius 3 is 1.73 bits per heavy atom. The molecule has 0 amide bonds. The maximum atomic E-state index is 14.3. The average Bonchev–Trinajstić information content (AvgIpc) is 3.42. The summed E-state index contributed by atoms with van der Waals surface area (Å²) in [7, 11) is 0. The second kappa shape index (κ2) is 8.66. The van der Waals surface area contributed by atoms with Crippen molar-refractivity contribution < 1.29 is 52.4 Å². The zero-order valence-electron chi connectivity index (χ0n) is 26.9. The first kappa shape index (κ1) is 30.2. The number of hydrogen-bond acceptors (Lipinski definition) is 11. The fraction of sp³-hybridized carbons (Fsp3) is 0.676. The Balaban J connectivity index is 1.30. The van der Waals surface area contributed by atoms with Crippen LogP contribution < -0.4 is 4.74 Å². The van der Waals surface area contributed by atoms with Gasteiger partial charge in [0, 0.05) is 16.4 Å². The molecule has 2 aliphatic carbocycles. The van der Waals surface area contributed by atoms with Gasteiger partial charge >= 0.3 is 29.8 Å². The lowest BCUT2D eigenvalue weighted by atomic mass is 9.66. The van der Waals surface area contributed by atoms with Gasteiger partial charge in [0.15, 0.2) is 12.2 Å². The molecule has 0 radical (unpaired) electrons. The lowest BCUT2D eigenvalue weighted by molar-refractivity contribution is -0.269. The Hall–Kier alpha value is -3.47. The van der Waals surface area contributed by atoms with E-state index in [0.29, 0.717) is 24.2 Å². The molecule has 2 saturated carbocycles. The molecule has 0 spiro atoms. The van der Waals surface area contributed by atoms with Crippen LogP contribution in [0.3, 0.4) is 0 Å². The van der Waals surface area contributed by atoms with Crippen molar-refractivity contribution in [1.29, 1.82) is 0 Å². The maximum absolute atomic E-state index is 14.3. The van der Waals surface area contributed by atoms with Crippen molar-refractivity contribution in [1.82, 2.24) is 0 Å². The van der Waals surface area contributed by atoms with Gasteiger partial charge in [-0.1, -0.05) is 45.9 Å². The third-order valence-corrected chi connectivity index (χ3v) is 13.1. The minimum absolute atomic E-state index is 0.241. The van der Waals surface area contributed by atoms with Crippen molar-refractivity contribution in [3.63, 3.8) is 0 Å². The minimum Gasteiger partial charge on any atom is -0.454 e. The lowest BCUT2D eigenvalue weighted by Gasteiger charge is -2.51. The van der Waals surface area contributed by atoms with Gasteiger partial charge in [0.2, 0.25) is 11.2 Å². The number of carbonyl (C=O) groups excluding carboxylic acids is 5. The molecule has 4 bridgehead atoms. The summed E-state index contributed by atoms with van der Waals surface area (Å²) in [5.74, 6) is -4.20. The van der Waals surface area contributed by atoms with E-state index in [-0.39, 0.29) is 12.8 Å². The summed E-state index contributed by atoms with van der Waals surface area (Å²) in [4.78, 5) is 68.3. The monoisotopic (exact) mass is 624 g/mol. The number of rotatable bonds is 4. The number of benzene rings is 1. The number of hydrogen-bond donors (Lipinski definition) is 0. The minimum atomic E-state index is -1.60. The van der Waals surface area contributed by atoms with Gasteiger partial charge in [-0.15, -0.1) is 0 Å². The first-order valence-electron chi connectivity index (χ1n) is 15.7. The predicted molar refractivity (Wildman–Crippen MR) is 153 cm³/mol. The fourth-order valence-electron chi connectivity index (χ4n) is 8.90. The highest BCUT2D eigenvalue weighted by Gasteiger charge is 2.78. The van der Waals surface area contributed by atoms with Gasteiger partial charge in [-0.2, -0.15) is 0 Å². The molecule has 11 nitrogen and oxygen atoms in total. The Bertz CT molecular complexity index is 1570. The highest BCUT2D eigenvalue weighted by molar-refractivity contribution is 5.95. The highest BCUT2D eigenvalue weighted by atomic mass is 16.7. The standard InChI is InChI=1S/C34H40O11/c1-28(2)22(42-27(39)34-16-14-32(8,25(37)45-34)30(34,5)6)21(19-20(43-28)17-11-9-10-12-18(17)40-23(19)35)41-26(38)33-15-13-31(7,24(36)44-33)29(33,3)4/h9-12,19-22H,13-16H2,1-8H3/t19?,20?,21-,22-,31-,32-,33+,34+/m0/s1. The molecule has 4 aliphatic heterocycles. The van der Waals surface area contributed by atoms with Crippen LogP contribution >= 0.6 is 0 Å². The second-order valence-corrected chi connectivity index (χ2v) is 15.7. The van der Waals surface area contributed by atoms with Crippen LogP contribution in [0.1, 0.15) is 92.7 Å². The third kappa shape index (κ3) is 3.32. The molecule has 4 heterocycles. The summed E-state index contributed by atoms with van der Waals surface area (Å²) < 4.78 is 36.3. The summed E-state index contributed by atoms with van der Waals surface area (Å²) in [5, 5.41) is 0. The van der Waals surface area contributed by atoms with Crippen LogP contribution in [0.15, 0.2) is 24.3 Å². The topological polar surface area (TPSA) is 141 Å². The number of fused-ring (bicyclic) bond motifs is 7. The van der Waals surface area contributed by atoms with Gasteiger partial charge in [-0.25, -0.2) is 9.59 Å². The molecule has 242 valence electrons. The van der Waals surface area contributed by atoms with E-state index in [0.717, 1.165) is 0 Å². The van der Waals surface area contributed by atoms with Crippen molar-refractivity contribution in [2.75, 3.05) is 0 Å². The number of ether oxygens (including phenoxy) is 6. The van der Waals surface area contributed by atoms with Crippen LogP contribution in [0, 0.1) is 27.6 Å². The highest BCUT2D eigenvalue weighted by Crippen LogP contribution is 2.67. The van der Waals surface area contributed by atoms with E-state index in [2.05, 4.69) is 0 Å². The SMILES string of the molecule is CC1(C)OC2c3ccccc3OC(=O)C2[C@H](OC(=O)[C@@]23CC[C@@](C)(C(=O)O2)C3(C)C)[C@@H]1OC(=O)[C@@]12CC[C@@](C)(C(=O)O1)C2(C)C. The summed E-state index contributed by atoms with van der Waals surface area (Å²) in [6, 6.07) is 6.93. The maximum Gasteiger partial charge on any atom is 0.351 e. The molecule has 0 aromatic heterocycles. The molecule has 2 unspecified atom stereocenters. The van der Waals surface area contributed by atoms with E-state index in [1.807, 2.05) is 13.8 Å². The first-order chi connectivity index (χ1) is 20.8. The Morgan fingerprint density at radius 2 is 1.24 bits per heavy atom. The predicted octanol–water partition coefficient (Wildman–Crippen LogP) is 4.14. The number of carbonyl (C=O) groups is 5. The number of para-hydroxylation sites is 1. The van der Waals surface area contributed by atoms with Crippen molar-refractivity contribution in [3.05, 3.63) is 29.8 Å². The van der Waals surface area contributed by atoms with Crippen LogP contribution in [0.5, 0.6) is 5.75 Å². The zero-order chi connectivity index (χ0) is 32.8. The van der Waals surface area contributed by atoms with Crippen LogP contribution in [-0.4, -0.2) is 58.9 Å². The molecule has 1 aromatic carbocycles. The number of esters is 5. The Kier molecular flexibility index (Phi) is 5.81. The van der Waals surface area contributed by atoms with E-state index >= 15 is 0 Å². The molecule has 5 fully saturated rings. The molecular formula is C34H40O11. The largest absolute Gasteiger partial charge is 0.454 e. The van der Waals surface area contributed by atoms with Gasteiger partial charge in [0.25, 0.3) is 0 Å². The Labute approximate surface area is 261 Å². The van der Waals surface area contributed by atoms with E-state index in [9.17, 15) is 24.0 Å². The summed E-state index contributed by atoms with van der Waals surface area (Å²) >= 11 is 0. The first-order valence-corrected chi connectivity index (χ1v) is 15.7. The van der Waals surface area contributed by atoms with Gasteiger partial charge in [0.1, 0.15) is 23.4 Å².